The van der Waals surface area contributed by atoms with E-state index in [4.69, 9.17) is 10.5 Å². The number of hydrogen-bond donors (Lipinski definition) is 2. The van der Waals surface area contributed by atoms with E-state index in [-0.39, 0.29) is 5.41 Å². The molecule has 0 aromatic carbocycles. The molecule has 0 aliphatic heterocycles. The SMILES string of the molecule is COc1c(C(O)C2(CN)CCCCCCC2)c(C)nn1C. The lowest BCUT2D eigenvalue weighted by atomic mass is 9.70. The van der Waals surface area contributed by atoms with Gasteiger partial charge in [0, 0.05) is 19.0 Å². The first-order chi connectivity index (χ1) is 10.1. The number of methoxy groups -OCH3 is 1. The first-order valence-corrected chi connectivity index (χ1v) is 8.01. The van der Waals surface area contributed by atoms with Crippen molar-refractivity contribution in [1.29, 1.82) is 0 Å². The maximum Gasteiger partial charge on any atom is 0.217 e. The normalized spacial score (nSPS) is 20.6. The summed E-state index contributed by atoms with van der Waals surface area (Å²) >= 11 is 0. The van der Waals surface area contributed by atoms with Crippen LogP contribution in [0.5, 0.6) is 5.88 Å². The highest BCUT2D eigenvalue weighted by Gasteiger charge is 2.40. The van der Waals surface area contributed by atoms with Crippen LogP contribution in [0.1, 0.15) is 62.3 Å². The van der Waals surface area contributed by atoms with E-state index in [1.807, 2.05) is 14.0 Å². The summed E-state index contributed by atoms with van der Waals surface area (Å²) in [5, 5.41) is 15.5. The zero-order chi connectivity index (χ0) is 15.5. The molecule has 0 spiro atoms. The maximum atomic E-state index is 11.1. The fourth-order valence-corrected chi connectivity index (χ4v) is 3.72. The molecule has 1 aliphatic carbocycles. The van der Waals surface area contributed by atoms with Crippen LogP contribution in [-0.2, 0) is 7.05 Å². The fourth-order valence-electron chi connectivity index (χ4n) is 3.72. The van der Waals surface area contributed by atoms with Gasteiger partial charge in [-0.1, -0.05) is 32.1 Å². The molecule has 0 bridgehead atoms. The largest absolute Gasteiger partial charge is 0.481 e. The van der Waals surface area contributed by atoms with Crippen molar-refractivity contribution in [2.75, 3.05) is 13.7 Å². The molecule has 1 atom stereocenters. The average molecular weight is 295 g/mol. The quantitative estimate of drug-likeness (QED) is 0.895. The Morgan fingerprint density at radius 3 is 2.38 bits per heavy atom. The van der Waals surface area contributed by atoms with Crippen molar-refractivity contribution in [2.45, 2.75) is 58.0 Å². The van der Waals surface area contributed by atoms with Crippen molar-refractivity contribution in [3.05, 3.63) is 11.3 Å². The van der Waals surface area contributed by atoms with Crippen LogP contribution >= 0.6 is 0 Å². The van der Waals surface area contributed by atoms with Gasteiger partial charge in [0.15, 0.2) is 0 Å². The molecule has 1 unspecified atom stereocenters. The zero-order valence-electron chi connectivity index (χ0n) is 13.6. The first kappa shape index (κ1) is 16.3. The van der Waals surface area contributed by atoms with Crippen molar-refractivity contribution in [3.63, 3.8) is 0 Å². The van der Waals surface area contributed by atoms with E-state index >= 15 is 0 Å². The van der Waals surface area contributed by atoms with Gasteiger partial charge in [-0.05, 0) is 19.8 Å². The molecule has 0 saturated heterocycles. The number of nitrogens with two attached hydrogens (primary N) is 1. The molecule has 1 aromatic heterocycles. The summed E-state index contributed by atoms with van der Waals surface area (Å²) in [7, 11) is 3.47. The summed E-state index contributed by atoms with van der Waals surface area (Å²) in [4.78, 5) is 0. The van der Waals surface area contributed by atoms with Crippen LogP contribution in [0.4, 0.5) is 0 Å². The molecule has 5 heteroatoms. The van der Waals surface area contributed by atoms with E-state index in [0.29, 0.717) is 12.4 Å². The van der Waals surface area contributed by atoms with Gasteiger partial charge in [-0.2, -0.15) is 5.10 Å². The Labute approximate surface area is 127 Å². The van der Waals surface area contributed by atoms with Crippen LogP contribution in [-0.4, -0.2) is 28.5 Å². The Hall–Kier alpha value is -1.07. The molecule has 0 radical (unpaired) electrons. The Morgan fingerprint density at radius 1 is 1.29 bits per heavy atom. The standard InChI is InChI=1S/C16H29N3O2/c1-12-13(15(21-3)19(2)18-12)14(20)16(11-17)9-7-5-4-6-8-10-16/h14,20H,4-11,17H2,1-3H3. The number of hydrogen-bond acceptors (Lipinski definition) is 4. The molecule has 1 fully saturated rings. The third-order valence-corrected chi connectivity index (χ3v) is 5.02. The summed E-state index contributed by atoms with van der Waals surface area (Å²) in [6.07, 6.45) is 7.38. The highest BCUT2D eigenvalue weighted by Crippen LogP contribution is 2.46. The highest BCUT2D eigenvalue weighted by atomic mass is 16.5. The molecule has 2 rings (SSSR count). The Balaban J connectivity index is 2.36. The van der Waals surface area contributed by atoms with Crippen molar-refractivity contribution in [1.82, 2.24) is 9.78 Å². The van der Waals surface area contributed by atoms with Crippen LogP contribution in [0.15, 0.2) is 0 Å². The van der Waals surface area contributed by atoms with Gasteiger partial charge in [-0.25, -0.2) is 4.68 Å². The molecular formula is C16H29N3O2. The van der Waals surface area contributed by atoms with Crippen molar-refractivity contribution < 1.29 is 9.84 Å². The Morgan fingerprint density at radius 2 is 1.86 bits per heavy atom. The van der Waals surface area contributed by atoms with Crippen LogP contribution in [0.3, 0.4) is 0 Å². The monoisotopic (exact) mass is 295 g/mol. The molecule has 0 amide bonds. The van der Waals surface area contributed by atoms with Crippen LogP contribution in [0.2, 0.25) is 0 Å². The first-order valence-electron chi connectivity index (χ1n) is 8.01. The van der Waals surface area contributed by atoms with E-state index in [0.717, 1.165) is 36.9 Å². The molecule has 1 aromatic rings. The van der Waals surface area contributed by atoms with Crippen LogP contribution in [0, 0.1) is 12.3 Å². The fraction of sp³-hybridized carbons (Fsp3) is 0.812. The van der Waals surface area contributed by atoms with Gasteiger partial charge in [0.05, 0.1) is 24.5 Å². The number of aromatic nitrogens is 2. The predicted molar refractivity (Wildman–Crippen MR) is 83.3 cm³/mol. The van der Waals surface area contributed by atoms with Gasteiger partial charge in [0.1, 0.15) is 0 Å². The molecule has 3 N–H and O–H groups in total. The van der Waals surface area contributed by atoms with E-state index in [9.17, 15) is 5.11 Å². The van der Waals surface area contributed by atoms with E-state index in [1.165, 1.54) is 19.3 Å². The van der Waals surface area contributed by atoms with Crippen LogP contribution in [0.25, 0.3) is 0 Å². The second-order valence-corrected chi connectivity index (χ2v) is 6.37. The average Bonchev–Trinajstić information content (AvgIpc) is 2.72. The van der Waals surface area contributed by atoms with Crippen LogP contribution < -0.4 is 10.5 Å². The maximum absolute atomic E-state index is 11.1. The third-order valence-electron chi connectivity index (χ3n) is 5.02. The van der Waals surface area contributed by atoms with Gasteiger partial charge in [-0.3, -0.25) is 0 Å². The molecular weight excluding hydrogens is 266 g/mol. The topological polar surface area (TPSA) is 73.3 Å². The smallest absolute Gasteiger partial charge is 0.217 e. The number of nitrogens with zero attached hydrogens (tertiary/aromatic N) is 2. The Bertz CT molecular complexity index is 462. The molecule has 21 heavy (non-hydrogen) atoms. The zero-order valence-corrected chi connectivity index (χ0v) is 13.6. The van der Waals surface area contributed by atoms with Crippen molar-refractivity contribution in [2.24, 2.45) is 18.2 Å². The number of ether oxygens (including phenoxy) is 1. The highest BCUT2D eigenvalue weighted by molar-refractivity contribution is 5.34. The van der Waals surface area contributed by atoms with Gasteiger partial charge in [0.2, 0.25) is 5.88 Å². The van der Waals surface area contributed by atoms with E-state index in [2.05, 4.69) is 5.10 Å². The lowest BCUT2D eigenvalue weighted by Crippen LogP contribution is -2.37. The van der Waals surface area contributed by atoms with Crippen molar-refractivity contribution >= 4 is 0 Å². The minimum absolute atomic E-state index is 0.249. The predicted octanol–water partition coefficient (Wildman–Crippen LogP) is 2.46. The summed E-state index contributed by atoms with van der Waals surface area (Å²) in [5.74, 6) is 0.648. The van der Waals surface area contributed by atoms with Gasteiger partial charge in [0.25, 0.3) is 0 Å². The van der Waals surface area contributed by atoms with Gasteiger partial charge in [-0.15, -0.1) is 0 Å². The molecule has 1 heterocycles. The second kappa shape index (κ2) is 6.79. The lowest BCUT2D eigenvalue weighted by molar-refractivity contribution is 0.00644. The minimum atomic E-state index is -0.607. The van der Waals surface area contributed by atoms with E-state index < -0.39 is 6.10 Å². The summed E-state index contributed by atoms with van der Waals surface area (Å²) in [6.45, 7) is 2.43. The minimum Gasteiger partial charge on any atom is -0.481 e. The van der Waals surface area contributed by atoms with Crippen molar-refractivity contribution in [3.8, 4) is 5.88 Å². The third kappa shape index (κ3) is 3.09. The van der Waals surface area contributed by atoms with Gasteiger partial charge >= 0.3 is 0 Å². The number of aliphatic hydroxyl groups is 1. The molecule has 5 nitrogen and oxygen atoms in total. The second-order valence-electron chi connectivity index (χ2n) is 6.37. The van der Waals surface area contributed by atoms with Gasteiger partial charge < -0.3 is 15.6 Å². The summed E-state index contributed by atoms with van der Waals surface area (Å²) < 4.78 is 7.15. The summed E-state index contributed by atoms with van der Waals surface area (Å²) in [5.41, 5.74) is 7.51. The number of aryl methyl sites for hydroxylation is 2. The number of aliphatic hydroxyl groups excluding tert-OH is 1. The lowest BCUT2D eigenvalue weighted by Gasteiger charge is -2.38. The Kier molecular flexibility index (Phi) is 5.27. The molecule has 1 saturated carbocycles. The van der Waals surface area contributed by atoms with E-state index in [1.54, 1.807) is 11.8 Å². The summed E-state index contributed by atoms with van der Waals surface area (Å²) in [6, 6.07) is 0. The number of rotatable bonds is 4. The molecule has 1 aliphatic rings. The molecule has 120 valence electrons.